The molecular weight excluding hydrogens is 318 g/mol. The molecule has 0 fully saturated rings. The molecule has 0 saturated heterocycles. The second-order valence-electron chi connectivity index (χ2n) is 5.77. The number of nitrogens with one attached hydrogen (secondary N) is 1. The van der Waals surface area contributed by atoms with Crippen molar-refractivity contribution in [3.63, 3.8) is 0 Å². The number of hydrogen-bond acceptors (Lipinski definition) is 3. The average molecular weight is 333 g/mol. The van der Waals surface area contributed by atoms with Gasteiger partial charge in [0.15, 0.2) is 0 Å². The molecule has 3 nitrogen and oxygen atoms in total. The van der Waals surface area contributed by atoms with E-state index in [0.29, 0.717) is 21.3 Å². The third kappa shape index (κ3) is 2.32. The quantitative estimate of drug-likeness (QED) is 0.546. The predicted octanol–water partition coefficient (Wildman–Crippen LogP) is 4.94. The lowest BCUT2D eigenvalue weighted by Crippen LogP contribution is -2.08. The van der Waals surface area contributed by atoms with Crippen LogP contribution in [-0.4, -0.2) is 10.1 Å². The summed E-state index contributed by atoms with van der Waals surface area (Å²) in [6, 6.07) is 17.4. The lowest BCUT2D eigenvalue weighted by Gasteiger charge is -2.08. The van der Waals surface area contributed by atoms with Crippen LogP contribution in [0.25, 0.3) is 32.5 Å². The lowest BCUT2D eigenvalue weighted by atomic mass is 10.00. The number of hydrogen-bond donors (Lipinski definition) is 2. The van der Waals surface area contributed by atoms with E-state index in [0.717, 1.165) is 16.7 Å². The van der Waals surface area contributed by atoms with E-state index in [9.17, 15) is 9.90 Å². The van der Waals surface area contributed by atoms with Gasteiger partial charge in [0, 0.05) is 10.9 Å². The number of rotatable bonds is 2. The van der Waals surface area contributed by atoms with Crippen LogP contribution in [0, 0.1) is 6.92 Å². The fourth-order valence-electron chi connectivity index (χ4n) is 2.98. The normalized spacial score (nSPS) is 11.0. The van der Waals surface area contributed by atoms with Crippen LogP contribution >= 0.6 is 11.3 Å². The summed E-state index contributed by atoms with van der Waals surface area (Å²) in [5, 5.41) is 13.5. The van der Waals surface area contributed by atoms with Gasteiger partial charge in [-0.25, -0.2) is 0 Å². The Balaban J connectivity index is 2.05. The molecule has 0 unspecified atom stereocenters. The molecule has 24 heavy (non-hydrogen) atoms. The lowest BCUT2D eigenvalue weighted by molar-refractivity contribution is 0.483. The minimum absolute atomic E-state index is 0.0395. The van der Waals surface area contributed by atoms with Crippen molar-refractivity contribution in [1.82, 2.24) is 4.98 Å². The molecule has 0 atom stereocenters. The Kier molecular flexibility index (Phi) is 3.47. The largest absolute Gasteiger partial charge is 0.506 e. The van der Waals surface area contributed by atoms with E-state index in [4.69, 9.17) is 0 Å². The molecule has 0 radical (unpaired) electrons. The summed E-state index contributed by atoms with van der Waals surface area (Å²) in [6.07, 6.45) is 0. The molecule has 2 N–H and O–H groups in total. The Bertz CT molecular complexity index is 1090. The number of aromatic nitrogens is 1. The molecule has 4 heteroatoms. The van der Waals surface area contributed by atoms with Gasteiger partial charge in [-0.2, -0.15) is 0 Å². The topological polar surface area (TPSA) is 53.1 Å². The smallest absolute Gasteiger partial charge is 0.260 e. The summed E-state index contributed by atoms with van der Waals surface area (Å²) >= 11 is 1.43. The number of aromatic amines is 1. The number of pyridine rings is 1. The summed E-state index contributed by atoms with van der Waals surface area (Å²) in [5.41, 5.74) is 3.87. The fourth-order valence-corrected chi connectivity index (χ4v) is 3.95. The molecule has 2 heterocycles. The van der Waals surface area contributed by atoms with Crippen molar-refractivity contribution in [3.8, 4) is 28.0 Å². The van der Waals surface area contributed by atoms with Crippen LogP contribution in [0.5, 0.6) is 5.75 Å². The van der Waals surface area contributed by atoms with E-state index in [2.05, 4.69) is 11.1 Å². The van der Waals surface area contributed by atoms with Gasteiger partial charge in [-0.3, -0.25) is 4.79 Å². The second-order valence-corrected chi connectivity index (χ2v) is 6.65. The minimum atomic E-state index is -0.274. The Morgan fingerprint density at radius 2 is 1.75 bits per heavy atom. The number of aromatic hydroxyl groups is 1. The summed E-state index contributed by atoms with van der Waals surface area (Å²) in [5.74, 6) is 0.0395. The van der Waals surface area contributed by atoms with Crippen molar-refractivity contribution in [2.45, 2.75) is 6.92 Å². The first-order valence-corrected chi connectivity index (χ1v) is 8.52. The highest BCUT2D eigenvalue weighted by Gasteiger charge is 2.18. The first-order chi connectivity index (χ1) is 11.6. The average Bonchev–Trinajstić information content (AvgIpc) is 3.00. The highest BCUT2D eigenvalue weighted by Crippen LogP contribution is 2.41. The minimum Gasteiger partial charge on any atom is -0.506 e. The maximum atomic E-state index is 12.4. The van der Waals surface area contributed by atoms with E-state index in [1.165, 1.54) is 11.3 Å². The molecule has 4 rings (SSSR count). The maximum absolute atomic E-state index is 12.4. The monoisotopic (exact) mass is 333 g/mol. The van der Waals surface area contributed by atoms with E-state index in [1.807, 2.05) is 60.8 Å². The Labute approximate surface area is 142 Å². The van der Waals surface area contributed by atoms with Gasteiger partial charge < -0.3 is 10.1 Å². The Hall–Kier alpha value is -2.85. The molecule has 0 aliphatic carbocycles. The van der Waals surface area contributed by atoms with E-state index in [-0.39, 0.29) is 11.3 Å². The van der Waals surface area contributed by atoms with Crippen molar-refractivity contribution >= 4 is 21.6 Å². The summed E-state index contributed by atoms with van der Waals surface area (Å²) < 4.78 is 0. The highest BCUT2D eigenvalue weighted by atomic mass is 32.1. The van der Waals surface area contributed by atoms with Gasteiger partial charge in [-0.1, -0.05) is 60.2 Å². The predicted molar refractivity (Wildman–Crippen MR) is 99.7 cm³/mol. The molecule has 0 aliphatic heterocycles. The van der Waals surface area contributed by atoms with Gasteiger partial charge in [-0.05, 0) is 18.1 Å². The van der Waals surface area contributed by atoms with Crippen molar-refractivity contribution in [2.75, 3.05) is 0 Å². The molecule has 0 amide bonds. The first-order valence-electron chi connectivity index (χ1n) is 7.64. The van der Waals surface area contributed by atoms with Gasteiger partial charge in [0.2, 0.25) is 0 Å². The van der Waals surface area contributed by atoms with E-state index >= 15 is 0 Å². The molecule has 0 spiro atoms. The molecular formula is C20H15NO2S. The zero-order valence-electron chi connectivity index (χ0n) is 13.0. The van der Waals surface area contributed by atoms with Crippen LogP contribution in [0.4, 0.5) is 0 Å². The maximum Gasteiger partial charge on any atom is 0.260 e. The van der Waals surface area contributed by atoms with Gasteiger partial charge in [0.05, 0.1) is 10.9 Å². The number of H-pyrrole nitrogens is 1. The van der Waals surface area contributed by atoms with Crippen LogP contribution in [0.1, 0.15) is 5.56 Å². The van der Waals surface area contributed by atoms with Crippen molar-refractivity contribution in [2.24, 2.45) is 0 Å². The first kappa shape index (κ1) is 14.7. The van der Waals surface area contributed by atoms with Crippen molar-refractivity contribution in [1.29, 1.82) is 0 Å². The third-order valence-electron chi connectivity index (χ3n) is 4.11. The van der Waals surface area contributed by atoms with Gasteiger partial charge in [-0.15, -0.1) is 11.3 Å². The molecule has 0 saturated carbocycles. The van der Waals surface area contributed by atoms with Crippen molar-refractivity contribution in [3.05, 3.63) is 75.9 Å². The van der Waals surface area contributed by atoms with Crippen molar-refractivity contribution < 1.29 is 5.11 Å². The van der Waals surface area contributed by atoms with Crippen LogP contribution in [-0.2, 0) is 0 Å². The fraction of sp³-hybridized carbons (Fsp3) is 0.0500. The molecule has 2 aromatic heterocycles. The molecule has 0 aliphatic rings. The summed E-state index contributed by atoms with van der Waals surface area (Å²) in [6.45, 7) is 2.04. The standard InChI is InChI=1S/C20H15NO2S/c1-12-6-5-9-14(10-12)15-11-24-20-17(15)18(22)16(19(23)21-20)13-7-3-2-4-8-13/h2-11H,1H3,(H2,21,22,23). The zero-order chi connectivity index (χ0) is 16.7. The molecule has 2 aromatic carbocycles. The van der Waals surface area contributed by atoms with E-state index < -0.39 is 0 Å². The molecule has 118 valence electrons. The Morgan fingerprint density at radius 1 is 1.00 bits per heavy atom. The van der Waals surface area contributed by atoms with Crippen LogP contribution in [0.2, 0.25) is 0 Å². The number of thiophene rings is 1. The zero-order valence-corrected chi connectivity index (χ0v) is 13.9. The molecule has 4 aromatic rings. The third-order valence-corrected chi connectivity index (χ3v) is 5.01. The summed E-state index contributed by atoms with van der Waals surface area (Å²) in [4.78, 5) is 16.0. The van der Waals surface area contributed by atoms with Gasteiger partial charge in [0.1, 0.15) is 10.6 Å². The van der Waals surface area contributed by atoms with Gasteiger partial charge in [0.25, 0.3) is 5.56 Å². The Morgan fingerprint density at radius 3 is 2.50 bits per heavy atom. The van der Waals surface area contributed by atoms with Gasteiger partial charge >= 0.3 is 0 Å². The van der Waals surface area contributed by atoms with Crippen LogP contribution in [0.3, 0.4) is 0 Å². The number of benzene rings is 2. The highest BCUT2D eigenvalue weighted by molar-refractivity contribution is 7.17. The number of fused-ring (bicyclic) bond motifs is 1. The number of aryl methyl sites for hydroxylation is 1. The molecule has 0 bridgehead atoms. The second kappa shape index (κ2) is 5.65. The summed E-state index contributed by atoms with van der Waals surface area (Å²) in [7, 11) is 0. The van der Waals surface area contributed by atoms with E-state index in [1.54, 1.807) is 0 Å². The SMILES string of the molecule is Cc1cccc(-c2csc3[nH]c(=O)c(-c4ccccc4)c(O)c23)c1. The van der Waals surface area contributed by atoms with Crippen LogP contribution in [0.15, 0.2) is 64.8 Å². The van der Waals surface area contributed by atoms with Crippen LogP contribution < -0.4 is 5.56 Å².